The van der Waals surface area contributed by atoms with Gasteiger partial charge < -0.3 is 24.6 Å². The average molecular weight is 433 g/mol. The van der Waals surface area contributed by atoms with E-state index < -0.39 is 17.7 Å². The van der Waals surface area contributed by atoms with Gasteiger partial charge >= 0.3 is 0 Å². The number of nitrogens with zero attached hydrogens (tertiary/aromatic N) is 1. The number of rotatable bonds is 6. The molecule has 1 fully saturated rings. The van der Waals surface area contributed by atoms with E-state index in [1.165, 1.54) is 25.2 Å². The molecule has 2 N–H and O–H groups in total. The lowest BCUT2D eigenvalue weighted by atomic mass is 9.93. The smallest absolute Gasteiger partial charge is 0.295 e. The Hall–Kier alpha value is -3.84. The molecule has 0 aliphatic carbocycles. The van der Waals surface area contributed by atoms with E-state index >= 15 is 0 Å². The summed E-state index contributed by atoms with van der Waals surface area (Å²) in [4.78, 5) is 27.3. The van der Waals surface area contributed by atoms with E-state index in [1.54, 1.807) is 24.3 Å². The number of Topliss-reactive ketones (excluding diaryl/α,β-unsaturated/α-hetero) is 1. The molecule has 1 atom stereocenters. The van der Waals surface area contributed by atoms with E-state index in [-0.39, 0.29) is 36.0 Å². The zero-order valence-electron chi connectivity index (χ0n) is 17.7. The number of fused-ring (bicyclic) bond motifs is 1. The van der Waals surface area contributed by atoms with E-state index in [0.29, 0.717) is 11.1 Å². The van der Waals surface area contributed by atoms with Crippen molar-refractivity contribution in [2.24, 2.45) is 0 Å². The fraction of sp³-hybridized carbons (Fsp3) is 0.200. The molecule has 0 bridgehead atoms. The van der Waals surface area contributed by atoms with Gasteiger partial charge in [-0.3, -0.25) is 9.59 Å². The Morgan fingerprint density at radius 2 is 1.78 bits per heavy atom. The molecule has 3 aromatic rings. The molecule has 4 rings (SSSR count). The van der Waals surface area contributed by atoms with Crippen LogP contribution in [0.3, 0.4) is 0 Å². The number of likely N-dealkylation sites (tertiary alicyclic amines) is 1. The third-order valence-corrected chi connectivity index (χ3v) is 5.64. The molecule has 7 heteroatoms. The number of carbonyl (C=O) groups is 2. The second-order valence-electron chi connectivity index (χ2n) is 7.44. The van der Waals surface area contributed by atoms with Crippen LogP contribution in [-0.2, 0) is 14.3 Å². The number of hydrogen-bond acceptors (Lipinski definition) is 6. The highest BCUT2D eigenvalue weighted by Gasteiger charge is 2.46. The van der Waals surface area contributed by atoms with Crippen molar-refractivity contribution in [3.05, 3.63) is 77.4 Å². The predicted octanol–water partition coefficient (Wildman–Crippen LogP) is 3.62. The van der Waals surface area contributed by atoms with Crippen molar-refractivity contribution in [3.8, 4) is 11.5 Å². The third kappa shape index (κ3) is 3.56. The highest BCUT2D eigenvalue weighted by molar-refractivity contribution is 6.46. The molecule has 1 saturated heterocycles. The predicted molar refractivity (Wildman–Crippen MR) is 119 cm³/mol. The van der Waals surface area contributed by atoms with Crippen molar-refractivity contribution in [1.29, 1.82) is 0 Å². The highest BCUT2D eigenvalue weighted by atomic mass is 16.5. The Balaban J connectivity index is 1.94. The van der Waals surface area contributed by atoms with Crippen LogP contribution in [0, 0.1) is 0 Å². The first-order valence-corrected chi connectivity index (χ1v) is 10.1. The summed E-state index contributed by atoms with van der Waals surface area (Å²) in [6.07, 6.45) is 0. The molecule has 0 radical (unpaired) electrons. The Bertz CT molecular complexity index is 1230. The Morgan fingerprint density at radius 1 is 1.03 bits per heavy atom. The van der Waals surface area contributed by atoms with Gasteiger partial charge in [-0.25, -0.2) is 0 Å². The van der Waals surface area contributed by atoms with Crippen molar-refractivity contribution in [3.63, 3.8) is 0 Å². The first-order chi connectivity index (χ1) is 15.5. The summed E-state index contributed by atoms with van der Waals surface area (Å²) in [5.74, 6) is -1.65. The normalized spacial score (nSPS) is 17.8. The molecule has 3 aromatic carbocycles. The molecule has 7 nitrogen and oxygen atoms in total. The molecular weight excluding hydrogens is 410 g/mol. The van der Waals surface area contributed by atoms with Crippen LogP contribution in [-0.4, -0.2) is 54.2 Å². The van der Waals surface area contributed by atoms with Crippen LogP contribution in [0.2, 0.25) is 0 Å². The minimum atomic E-state index is -0.888. The minimum absolute atomic E-state index is 0.0352. The van der Waals surface area contributed by atoms with Crippen LogP contribution >= 0.6 is 0 Å². The van der Waals surface area contributed by atoms with Gasteiger partial charge in [-0.2, -0.15) is 0 Å². The number of hydrogen-bond donors (Lipinski definition) is 2. The quantitative estimate of drug-likeness (QED) is 0.350. The maximum Gasteiger partial charge on any atom is 0.295 e. The molecular formula is C25H23NO6. The van der Waals surface area contributed by atoms with Crippen LogP contribution < -0.4 is 4.74 Å². The van der Waals surface area contributed by atoms with Gasteiger partial charge in [-0.15, -0.1) is 0 Å². The number of aliphatic hydroxyl groups is 1. The zero-order chi connectivity index (χ0) is 22.8. The minimum Gasteiger partial charge on any atom is -0.507 e. The number of ketones is 1. The van der Waals surface area contributed by atoms with Crippen molar-refractivity contribution < 1.29 is 29.3 Å². The van der Waals surface area contributed by atoms with Crippen LogP contribution in [0.4, 0.5) is 0 Å². The van der Waals surface area contributed by atoms with Crippen LogP contribution in [0.5, 0.6) is 11.5 Å². The molecule has 1 unspecified atom stereocenters. The van der Waals surface area contributed by atoms with Crippen LogP contribution in [0.1, 0.15) is 17.2 Å². The maximum atomic E-state index is 13.1. The van der Waals surface area contributed by atoms with Crippen molar-refractivity contribution in [2.75, 3.05) is 27.4 Å². The van der Waals surface area contributed by atoms with E-state index in [2.05, 4.69) is 0 Å². The monoisotopic (exact) mass is 433 g/mol. The van der Waals surface area contributed by atoms with Gasteiger partial charge in [-0.05, 0) is 28.5 Å². The zero-order valence-corrected chi connectivity index (χ0v) is 17.7. The third-order valence-electron chi connectivity index (χ3n) is 5.64. The van der Waals surface area contributed by atoms with E-state index in [0.717, 1.165) is 10.8 Å². The van der Waals surface area contributed by atoms with Gasteiger partial charge in [0.2, 0.25) is 0 Å². The number of aliphatic hydroxyl groups excluding tert-OH is 1. The second-order valence-corrected chi connectivity index (χ2v) is 7.44. The molecule has 0 saturated carbocycles. The molecule has 32 heavy (non-hydrogen) atoms. The van der Waals surface area contributed by atoms with Crippen molar-refractivity contribution in [1.82, 2.24) is 4.90 Å². The molecule has 1 aliphatic heterocycles. The van der Waals surface area contributed by atoms with Gasteiger partial charge in [0, 0.05) is 19.2 Å². The number of benzene rings is 3. The van der Waals surface area contributed by atoms with Gasteiger partial charge in [0.05, 0.1) is 25.3 Å². The Kier molecular flexibility index (Phi) is 5.83. The number of phenolic OH excluding ortho intramolecular Hbond substituents is 1. The largest absolute Gasteiger partial charge is 0.507 e. The summed E-state index contributed by atoms with van der Waals surface area (Å²) >= 11 is 0. The van der Waals surface area contributed by atoms with Crippen molar-refractivity contribution in [2.45, 2.75) is 6.04 Å². The van der Waals surface area contributed by atoms with Crippen LogP contribution in [0.15, 0.2) is 66.2 Å². The highest BCUT2D eigenvalue weighted by Crippen LogP contribution is 2.42. The summed E-state index contributed by atoms with van der Waals surface area (Å²) in [6, 6.07) is 16.6. The summed E-state index contributed by atoms with van der Waals surface area (Å²) in [5, 5.41) is 23.3. The molecule has 1 amide bonds. The molecule has 0 spiro atoms. The topological polar surface area (TPSA) is 96.3 Å². The van der Waals surface area contributed by atoms with E-state index in [1.807, 2.05) is 30.3 Å². The maximum absolute atomic E-state index is 13.1. The number of amides is 1. The summed E-state index contributed by atoms with van der Waals surface area (Å²) in [5.41, 5.74) is 0.892. The SMILES string of the molecule is COCCN1C(=O)C(=O)/C(=C(\O)c2cccc3ccccc23)C1c1ccc(OC)c(O)c1. The molecule has 1 aliphatic rings. The number of phenols is 1. The number of ether oxygens (including phenoxy) is 2. The number of carbonyl (C=O) groups excluding carboxylic acids is 2. The standard InChI is InChI=1S/C25H23NO6/c1-31-13-12-26-22(16-10-11-20(32-2)19(27)14-16)21(24(29)25(26)30)23(28)18-9-5-7-15-6-3-4-8-17(15)18/h3-11,14,22,27-28H,12-13H2,1-2H3/b23-21-. The first kappa shape index (κ1) is 21.4. The lowest BCUT2D eigenvalue weighted by molar-refractivity contribution is -0.140. The molecule has 0 aromatic heterocycles. The van der Waals surface area contributed by atoms with Gasteiger partial charge in [0.15, 0.2) is 11.5 Å². The molecule has 1 heterocycles. The average Bonchev–Trinajstić information content (AvgIpc) is 3.06. The van der Waals surface area contributed by atoms with Crippen LogP contribution in [0.25, 0.3) is 16.5 Å². The van der Waals surface area contributed by atoms with Gasteiger partial charge in [-0.1, -0.05) is 48.5 Å². The lowest BCUT2D eigenvalue weighted by Gasteiger charge is -2.25. The fourth-order valence-electron chi connectivity index (χ4n) is 4.10. The first-order valence-electron chi connectivity index (χ1n) is 10.1. The van der Waals surface area contributed by atoms with Gasteiger partial charge in [0.25, 0.3) is 11.7 Å². The van der Waals surface area contributed by atoms with E-state index in [9.17, 15) is 19.8 Å². The molecule has 164 valence electrons. The van der Waals surface area contributed by atoms with E-state index in [4.69, 9.17) is 9.47 Å². The van der Waals surface area contributed by atoms with Crippen molar-refractivity contribution >= 4 is 28.2 Å². The number of methoxy groups -OCH3 is 2. The number of aromatic hydroxyl groups is 1. The summed E-state index contributed by atoms with van der Waals surface area (Å²) in [6.45, 7) is 0.352. The Labute approximate surface area is 185 Å². The summed E-state index contributed by atoms with van der Waals surface area (Å²) < 4.78 is 10.2. The fourth-order valence-corrected chi connectivity index (χ4v) is 4.10. The lowest BCUT2D eigenvalue weighted by Crippen LogP contribution is -2.32. The second kappa shape index (κ2) is 8.72. The Morgan fingerprint density at radius 3 is 2.50 bits per heavy atom. The summed E-state index contributed by atoms with van der Waals surface area (Å²) in [7, 11) is 2.93. The van der Waals surface area contributed by atoms with Gasteiger partial charge in [0.1, 0.15) is 5.76 Å².